The molecule has 3 saturated carbocycles. The van der Waals surface area contributed by atoms with E-state index in [1.807, 2.05) is 0 Å². The number of thiophene rings is 1. The van der Waals surface area contributed by atoms with Crippen molar-refractivity contribution >= 4 is 51.4 Å². The molecule has 2 aromatic rings. The number of hydrogen-bond donors (Lipinski definition) is 3. The Morgan fingerprint density at radius 1 is 0.931 bits per heavy atom. The van der Waals surface area contributed by atoms with Gasteiger partial charge in [0.15, 0.2) is 0 Å². The van der Waals surface area contributed by atoms with E-state index < -0.39 is 17.8 Å². The van der Waals surface area contributed by atoms with Crippen LogP contribution in [0.15, 0.2) is 35.7 Å². The number of amides is 2. The van der Waals surface area contributed by atoms with E-state index in [4.69, 9.17) is 11.6 Å². The van der Waals surface area contributed by atoms with Crippen LogP contribution in [0, 0.1) is 23.7 Å². The van der Waals surface area contributed by atoms with Crippen molar-refractivity contribution in [2.24, 2.45) is 23.7 Å². The highest BCUT2D eigenvalue weighted by atomic mass is 35.5. The van der Waals surface area contributed by atoms with Crippen LogP contribution in [-0.2, 0) is 9.59 Å². The minimum atomic E-state index is -0.897. The summed E-state index contributed by atoms with van der Waals surface area (Å²) in [7, 11) is 0. The van der Waals surface area contributed by atoms with Gasteiger partial charge in [-0.15, -0.1) is 11.3 Å². The average molecular weight is 433 g/mol. The number of carboxylic acid groups (broad SMARTS) is 1. The van der Waals surface area contributed by atoms with Crippen molar-refractivity contribution < 1.29 is 19.5 Å². The summed E-state index contributed by atoms with van der Waals surface area (Å²) in [5, 5.41) is 18.0. The van der Waals surface area contributed by atoms with E-state index in [-0.39, 0.29) is 23.7 Å². The largest absolute Gasteiger partial charge is 0.481 e. The number of nitrogens with one attached hydrogen (secondary N) is 2. The van der Waals surface area contributed by atoms with Crippen molar-refractivity contribution in [3.05, 3.63) is 46.3 Å². The molecular weight excluding hydrogens is 412 g/mol. The van der Waals surface area contributed by atoms with Crippen molar-refractivity contribution in [3.63, 3.8) is 0 Å². The van der Waals surface area contributed by atoms with Gasteiger partial charge in [0, 0.05) is 10.7 Å². The second-order valence-corrected chi connectivity index (χ2v) is 9.03. The Labute approximate surface area is 177 Å². The number of benzene rings is 1. The van der Waals surface area contributed by atoms with E-state index in [2.05, 4.69) is 10.6 Å². The maximum absolute atomic E-state index is 13.0. The van der Waals surface area contributed by atoms with Gasteiger partial charge < -0.3 is 15.7 Å². The summed E-state index contributed by atoms with van der Waals surface area (Å²) >= 11 is 7.12. The summed E-state index contributed by atoms with van der Waals surface area (Å²) in [6, 6.07) is 8.39. The number of rotatable bonds is 5. The molecule has 2 bridgehead atoms. The molecule has 0 aliphatic heterocycles. The predicted molar refractivity (Wildman–Crippen MR) is 112 cm³/mol. The molecule has 8 heteroatoms. The highest BCUT2D eigenvalue weighted by molar-refractivity contribution is 7.14. The standard InChI is InChI=1S/C21H21ClN2O4S/c22-13-5-7-14(8-6-13)23-18(25)15-9-10-29-20(15)24-19(26)16-11-1-3-12(4-2-11)17(16)21(27)28/h5-12,16-17H,1-4H2,(H,23,25)(H,24,26)(H,27,28). The van der Waals surface area contributed by atoms with Crippen molar-refractivity contribution in [1.82, 2.24) is 0 Å². The number of fused-ring (bicyclic) bond motifs is 3. The number of hydrogen-bond acceptors (Lipinski definition) is 4. The smallest absolute Gasteiger partial charge is 0.307 e. The molecule has 2 atom stereocenters. The van der Waals surface area contributed by atoms with Crippen molar-refractivity contribution in [2.75, 3.05) is 10.6 Å². The summed E-state index contributed by atoms with van der Waals surface area (Å²) in [6.07, 6.45) is 3.53. The second-order valence-electron chi connectivity index (χ2n) is 7.68. The van der Waals surface area contributed by atoms with Gasteiger partial charge in [-0.3, -0.25) is 14.4 Å². The Morgan fingerprint density at radius 2 is 1.55 bits per heavy atom. The number of aliphatic carboxylic acids is 1. The van der Waals surface area contributed by atoms with Gasteiger partial charge in [-0.25, -0.2) is 0 Å². The summed E-state index contributed by atoms with van der Waals surface area (Å²) in [5.74, 6) is -2.58. The van der Waals surface area contributed by atoms with Crippen molar-refractivity contribution in [1.29, 1.82) is 0 Å². The van der Waals surface area contributed by atoms with E-state index in [1.54, 1.807) is 35.7 Å². The van der Waals surface area contributed by atoms with E-state index in [0.29, 0.717) is 21.3 Å². The molecule has 29 heavy (non-hydrogen) atoms. The maximum atomic E-state index is 13.0. The van der Waals surface area contributed by atoms with Gasteiger partial charge in [0.05, 0.1) is 17.4 Å². The monoisotopic (exact) mass is 432 g/mol. The van der Waals surface area contributed by atoms with Crippen LogP contribution in [0.5, 0.6) is 0 Å². The Hall–Kier alpha value is -2.38. The lowest BCUT2D eigenvalue weighted by Crippen LogP contribution is -2.49. The van der Waals surface area contributed by atoms with Crippen LogP contribution in [0.3, 0.4) is 0 Å². The quantitative estimate of drug-likeness (QED) is 0.636. The zero-order valence-corrected chi connectivity index (χ0v) is 17.1. The molecule has 2 unspecified atom stereocenters. The number of anilines is 2. The average Bonchev–Trinajstić information content (AvgIpc) is 3.18. The minimum Gasteiger partial charge on any atom is -0.481 e. The zero-order chi connectivity index (χ0) is 20.5. The predicted octanol–water partition coefficient (Wildman–Crippen LogP) is 4.73. The van der Waals surface area contributed by atoms with Crippen LogP contribution >= 0.6 is 22.9 Å². The maximum Gasteiger partial charge on any atom is 0.307 e. The summed E-state index contributed by atoms with van der Waals surface area (Å²) in [4.78, 5) is 37.5. The van der Waals surface area contributed by atoms with Gasteiger partial charge in [-0.1, -0.05) is 11.6 Å². The molecule has 0 radical (unpaired) electrons. The molecule has 0 spiro atoms. The Kier molecular flexibility index (Phi) is 5.61. The molecule has 3 fully saturated rings. The molecule has 1 aromatic heterocycles. The lowest BCUT2D eigenvalue weighted by Gasteiger charge is -2.45. The first-order valence-corrected chi connectivity index (χ1v) is 10.9. The molecular formula is C21H21ClN2O4S. The topological polar surface area (TPSA) is 95.5 Å². The third-order valence-electron chi connectivity index (χ3n) is 6.06. The molecule has 3 N–H and O–H groups in total. The molecule has 152 valence electrons. The fourth-order valence-corrected chi connectivity index (χ4v) is 5.61. The van der Waals surface area contributed by atoms with E-state index >= 15 is 0 Å². The van der Waals surface area contributed by atoms with Crippen LogP contribution in [0.1, 0.15) is 36.0 Å². The van der Waals surface area contributed by atoms with Crippen molar-refractivity contribution in [2.45, 2.75) is 25.7 Å². The Balaban J connectivity index is 1.49. The molecule has 2 amide bonds. The van der Waals surface area contributed by atoms with Crippen LogP contribution in [0.25, 0.3) is 0 Å². The zero-order valence-electron chi connectivity index (χ0n) is 15.6. The first kappa shape index (κ1) is 19.9. The van der Waals surface area contributed by atoms with E-state index in [1.165, 1.54) is 11.3 Å². The van der Waals surface area contributed by atoms with Gasteiger partial charge in [0.25, 0.3) is 5.91 Å². The fraction of sp³-hybridized carbons (Fsp3) is 0.381. The van der Waals surface area contributed by atoms with Gasteiger partial charge in [-0.05, 0) is 73.2 Å². The summed E-state index contributed by atoms with van der Waals surface area (Å²) in [5.41, 5.74) is 0.949. The SMILES string of the molecule is O=C(Nc1ccc(Cl)cc1)c1ccsc1NC(=O)C1C2CCC(CC2)C1C(=O)O. The summed E-state index contributed by atoms with van der Waals surface area (Å²) < 4.78 is 0. The molecule has 5 rings (SSSR count). The minimum absolute atomic E-state index is 0.0595. The molecule has 6 nitrogen and oxygen atoms in total. The molecule has 3 aliphatic carbocycles. The van der Waals surface area contributed by atoms with E-state index in [9.17, 15) is 19.5 Å². The van der Waals surface area contributed by atoms with Gasteiger partial charge in [0.1, 0.15) is 5.00 Å². The van der Waals surface area contributed by atoms with Crippen LogP contribution < -0.4 is 10.6 Å². The van der Waals surface area contributed by atoms with Gasteiger partial charge >= 0.3 is 5.97 Å². The number of carboxylic acids is 1. The number of carbonyl (C=O) groups is 3. The third-order valence-corrected chi connectivity index (χ3v) is 7.14. The molecule has 1 aromatic carbocycles. The second kappa shape index (κ2) is 8.16. The lowest BCUT2D eigenvalue weighted by atomic mass is 9.58. The Morgan fingerprint density at radius 3 is 2.17 bits per heavy atom. The van der Waals surface area contributed by atoms with Crippen LogP contribution in [0.2, 0.25) is 5.02 Å². The van der Waals surface area contributed by atoms with Crippen LogP contribution in [0.4, 0.5) is 10.7 Å². The first-order valence-electron chi connectivity index (χ1n) is 9.62. The lowest BCUT2D eigenvalue weighted by molar-refractivity contribution is -0.156. The Bertz CT molecular complexity index is 934. The van der Waals surface area contributed by atoms with Crippen molar-refractivity contribution in [3.8, 4) is 0 Å². The van der Waals surface area contributed by atoms with E-state index in [0.717, 1.165) is 25.7 Å². The molecule has 1 heterocycles. The molecule has 0 saturated heterocycles. The fourth-order valence-electron chi connectivity index (χ4n) is 4.69. The third kappa shape index (κ3) is 4.02. The van der Waals surface area contributed by atoms with Crippen LogP contribution in [-0.4, -0.2) is 22.9 Å². The highest BCUT2D eigenvalue weighted by Crippen LogP contribution is 2.49. The normalized spacial score (nSPS) is 25.4. The molecule has 3 aliphatic rings. The first-order chi connectivity index (χ1) is 13.9. The van der Waals surface area contributed by atoms with Gasteiger partial charge in [-0.2, -0.15) is 0 Å². The number of carbonyl (C=O) groups excluding carboxylic acids is 2. The number of halogens is 1. The summed E-state index contributed by atoms with van der Waals surface area (Å²) in [6.45, 7) is 0. The van der Waals surface area contributed by atoms with Gasteiger partial charge in [0.2, 0.25) is 5.91 Å². The highest BCUT2D eigenvalue weighted by Gasteiger charge is 2.50.